The zero-order valence-corrected chi connectivity index (χ0v) is 9.43. The van der Waals surface area contributed by atoms with Crippen molar-refractivity contribution < 1.29 is 18.7 Å². The van der Waals surface area contributed by atoms with E-state index in [1.165, 1.54) is 12.1 Å². The summed E-state index contributed by atoms with van der Waals surface area (Å²) in [5.41, 5.74) is 5.77. The Morgan fingerprint density at radius 3 is 2.44 bits per heavy atom. The zero-order valence-electron chi connectivity index (χ0n) is 9.43. The number of benzene rings is 1. The number of nitrogens with zero attached hydrogens (tertiary/aromatic N) is 1. The van der Waals surface area contributed by atoms with Gasteiger partial charge in [-0.25, -0.2) is 9.29 Å². The van der Waals surface area contributed by atoms with Crippen LogP contribution in [0.5, 0.6) is 0 Å². The second kappa shape index (κ2) is 3.78. The fraction of sp³-hybridized carbons (Fsp3) is 0.333. The van der Waals surface area contributed by atoms with Crippen molar-refractivity contribution in [1.82, 2.24) is 0 Å². The molecule has 2 heterocycles. The summed E-state index contributed by atoms with van der Waals surface area (Å²) in [6.45, 7) is 0. The minimum Gasteiger partial charge on any atom is -0.399 e. The Kier molecular flexibility index (Phi) is 2.34. The molecule has 2 amide bonds. The molecule has 0 radical (unpaired) electrons. The molecule has 18 heavy (non-hydrogen) atoms. The molecule has 2 aliphatic heterocycles. The van der Waals surface area contributed by atoms with Crippen LogP contribution in [0, 0.1) is 5.82 Å². The Bertz CT molecular complexity index is 524. The number of imide groups is 1. The van der Waals surface area contributed by atoms with Crippen LogP contribution in [-0.2, 0) is 14.3 Å². The zero-order chi connectivity index (χ0) is 12.9. The molecule has 0 aromatic heterocycles. The summed E-state index contributed by atoms with van der Waals surface area (Å²) < 4.78 is 19.0. The van der Waals surface area contributed by atoms with Crippen molar-refractivity contribution in [3.8, 4) is 0 Å². The lowest BCUT2D eigenvalue weighted by atomic mass is 10.2. The molecule has 2 atom stereocenters. The SMILES string of the molecule is Nc1ccc(F)c(N2C(=O)C3CCC(O3)C2=O)c1. The molecule has 3 rings (SSSR count). The van der Waals surface area contributed by atoms with Crippen molar-refractivity contribution in [3.05, 3.63) is 24.0 Å². The highest BCUT2D eigenvalue weighted by Crippen LogP contribution is 2.33. The molecular formula is C12H11FN2O3. The molecule has 1 aromatic carbocycles. The van der Waals surface area contributed by atoms with Gasteiger partial charge in [0, 0.05) is 5.69 Å². The van der Waals surface area contributed by atoms with E-state index in [2.05, 4.69) is 0 Å². The lowest BCUT2D eigenvalue weighted by Gasteiger charge is -2.30. The Morgan fingerprint density at radius 2 is 1.83 bits per heavy atom. The van der Waals surface area contributed by atoms with Gasteiger partial charge in [0.15, 0.2) is 0 Å². The molecule has 0 saturated carbocycles. The summed E-state index contributed by atoms with van der Waals surface area (Å²) in [6, 6.07) is 3.81. The first-order valence-corrected chi connectivity index (χ1v) is 5.66. The van der Waals surface area contributed by atoms with Gasteiger partial charge in [-0.3, -0.25) is 9.59 Å². The third kappa shape index (κ3) is 1.49. The smallest absolute Gasteiger partial charge is 0.263 e. The number of hydrogen-bond donors (Lipinski definition) is 1. The molecule has 0 aliphatic carbocycles. The summed E-state index contributed by atoms with van der Waals surface area (Å²) in [5, 5.41) is 0. The minimum atomic E-state index is -0.646. The van der Waals surface area contributed by atoms with Crippen molar-refractivity contribution in [2.45, 2.75) is 25.0 Å². The second-order valence-corrected chi connectivity index (χ2v) is 4.41. The van der Waals surface area contributed by atoms with Crippen LogP contribution in [0.25, 0.3) is 0 Å². The average Bonchev–Trinajstić information content (AvgIpc) is 2.78. The van der Waals surface area contributed by atoms with E-state index in [0.29, 0.717) is 18.5 Å². The largest absolute Gasteiger partial charge is 0.399 e. The van der Waals surface area contributed by atoms with Gasteiger partial charge in [0.05, 0.1) is 5.69 Å². The topological polar surface area (TPSA) is 72.6 Å². The van der Waals surface area contributed by atoms with E-state index in [9.17, 15) is 14.0 Å². The van der Waals surface area contributed by atoms with Crippen LogP contribution in [0.3, 0.4) is 0 Å². The summed E-state index contributed by atoms with van der Waals surface area (Å²) in [4.78, 5) is 24.9. The number of rotatable bonds is 1. The van der Waals surface area contributed by atoms with E-state index >= 15 is 0 Å². The van der Waals surface area contributed by atoms with Crippen LogP contribution >= 0.6 is 0 Å². The number of fused-ring (bicyclic) bond motifs is 2. The summed E-state index contributed by atoms with van der Waals surface area (Å²) in [7, 11) is 0. The molecule has 2 N–H and O–H groups in total. The monoisotopic (exact) mass is 250 g/mol. The Labute approximate surface area is 102 Å². The van der Waals surface area contributed by atoms with Gasteiger partial charge in [-0.05, 0) is 31.0 Å². The first-order chi connectivity index (χ1) is 8.58. The Balaban J connectivity index is 2.07. The molecule has 2 fully saturated rings. The lowest BCUT2D eigenvalue weighted by molar-refractivity contribution is -0.146. The first kappa shape index (κ1) is 11.2. The number of carbonyl (C=O) groups excluding carboxylic acids is 2. The molecule has 1 aromatic rings. The molecular weight excluding hydrogens is 239 g/mol. The number of amides is 2. The van der Waals surface area contributed by atoms with Gasteiger partial charge >= 0.3 is 0 Å². The van der Waals surface area contributed by atoms with Crippen molar-refractivity contribution >= 4 is 23.2 Å². The van der Waals surface area contributed by atoms with Gasteiger partial charge in [-0.1, -0.05) is 0 Å². The number of morpholine rings is 1. The van der Waals surface area contributed by atoms with Gasteiger partial charge in [-0.2, -0.15) is 0 Å². The fourth-order valence-corrected chi connectivity index (χ4v) is 2.34. The van der Waals surface area contributed by atoms with Gasteiger partial charge in [0.25, 0.3) is 11.8 Å². The molecule has 2 aliphatic rings. The molecule has 2 bridgehead atoms. The van der Waals surface area contributed by atoms with Crippen molar-refractivity contribution in [3.63, 3.8) is 0 Å². The van der Waals surface area contributed by atoms with Gasteiger partial charge in [-0.15, -0.1) is 0 Å². The van der Waals surface area contributed by atoms with Crippen LogP contribution in [0.2, 0.25) is 0 Å². The molecule has 6 heteroatoms. The van der Waals surface area contributed by atoms with Crippen molar-refractivity contribution in [2.75, 3.05) is 10.6 Å². The molecule has 0 spiro atoms. The predicted molar refractivity (Wildman–Crippen MR) is 61.2 cm³/mol. The fourth-order valence-electron chi connectivity index (χ4n) is 2.34. The minimum absolute atomic E-state index is 0.0924. The maximum Gasteiger partial charge on any atom is 0.263 e. The van der Waals surface area contributed by atoms with E-state index in [0.717, 1.165) is 11.0 Å². The van der Waals surface area contributed by atoms with E-state index < -0.39 is 29.8 Å². The van der Waals surface area contributed by atoms with E-state index in [4.69, 9.17) is 10.5 Å². The van der Waals surface area contributed by atoms with Crippen LogP contribution in [-0.4, -0.2) is 24.0 Å². The summed E-state index contributed by atoms with van der Waals surface area (Å²) in [5.74, 6) is -1.68. The predicted octanol–water partition coefficient (Wildman–Crippen LogP) is 0.829. The van der Waals surface area contributed by atoms with Gasteiger partial charge in [0.1, 0.15) is 18.0 Å². The Morgan fingerprint density at radius 1 is 1.22 bits per heavy atom. The van der Waals surface area contributed by atoms with E-state index in [-0.39, 0.29) is 5.69 Å². The lowest BCUT2D eigenvalue weighted by Crippen LogP contribution is -2.52. The average molecular weight is 250 g/mol. The number of nitrogen functional groups attached to an aromatic ring is 1. The highest BCUT2D eigenvalue weighted by Gasteiger charge is 2.47. The number of ether oxygens (including phenoxy) is 1. The number of carbonyl (C=O) groups is 2. The Hall–Kier alpha value is -1.95. The number of halogens is 1. The number of anilines is 2. The second-order valence-electron chi connectivity index (χ2n) is 4.41. The van der Waals surface area contributed by atoms with Crippen LogP contribution in [0.1, 0.15) is 12.8 Å². The summed E-state index contributed by atoms with van der Waals surface area (Å²) in [6.07, 6.45) is -0.298. The highest BCUT2D eigenvalue weighted by molar-refractivity contribution is 6.20. The third-order valence-electron chi connectivity index (χ3n) is 3.22. The van der Waals surface area contributed by atoms with Gasteiger partial charge < -0.3 is 10.5 Å². The number of nitrogens with two attached hydrogens (primary N) is 1. The maximum absolute atomic E-state index is 13.7. The highest BCUT2D eigenvalue weighted by atomic mass is 19.1. The maximum atomic E-state index is 13.7. The molecule has 5 nitrogen and oxygen atoms in total. The normalized spacial score (nSPS) is 26.8. The number of hydrogen-bond acceptors (Lipinski definition) is 4. The molecule has 94 valence electrons. The van der Waals surface area contributed by atoms with Crippen molar-refractivity contribution in [2.24, 2.45) is 0 Å². The van der Waals surface area contributed by atoms with Crippen LogP contribution in [0.15, 0.2) is 18.2 Å². The standard InChI is InChI=1S/C12H11FN2O3/c13-7-2-1-6(14)5-8(7)15-11(16)9-3-4-10(18-9)12(15)17/h1-2,5,9-10H,3-4,14H2. The molecule has 2 saturated heterocycles. The third-order valence-corrected chi connectivity index (χ3v) is 3.22. The molecule has 2 unspecified atom stereocenters. The van der Waals surface area contributed by atoms with E-state index in [1.54, 1.807) is 0 Å². The van der Waals surface area contributed by atoms with Crippen LogP contribution in [0.4, 0.5) is 15.8 Å². The first-order valence-electron chi connectivity index (χ1n) is 5.66. The van der Waals surface area contributed by atoms with E-state index in [1.807, 2.05) is 0 Å². The van der Waals surface area contributed by atoms with Crippen LogP contribution < -0.4 is 10.6 Å². The summed E-state index contributed by atoms with van der Waals surface area (Å²) >= 11 is 0. The van der Waals surface area contributed by atoms with Gasteiger partial charge in [0.2, 0.25) is 0 Å². The van der Waals surface area contributed by atoms with Crippen molar-refractivity contribution in [1.29, 1.82) is 0 Å². The quantitative estimate of drug-likeness (QED) is 0.592.